The van der Waals surface area contributed by atoms with Gasteiger partial charge >= 0.3 is 11.8 Å². The Bertz CT molecular complexity index is 1350. The Labute approximate surface area is 219 Å². The fraction of sp³-hybridized carbons (Fsp3) is 0.552. The minimum absolute atomic E-state index is 0.0138. The molecule has 37 heavy (non-hydrogen) atoms. The summed E-state index contributed by atoms with van der Waals surface area (Å²) < 4.78 is 8.99. The molecule has 0 radical (unpaired) electrons. The number of fused-ring (bicyclic) bond motifs is 1. The molecule has 2 aromatic heterocycles. The van der Waals surface area contributed by atoms with Crippen molar-refractivity contribution in [3.8, 4) is 11.3 Å². The van der Waals surface area contributed by atoms with Gasteiger partial charge in [-0.05, 0) is 62.4 Å². The van der Waals surface area contributed by atoms with Gasteiger partial charge in [0.2, 0.25) is 0 Å². The number of aromatic nitrogens is 3. The van der Waals surface area contributed by atoms with E-state index >= 15 is 0 Å². The van der Waals surface area contributed by atoms with Gasteiger partial charge in [-0.15, -0.1) is 0 Å². The monoisotopic (exact) mass is 507 g/mol. The quantitative estimate of drug-likeness (QED) is 0.507. The first-order chi connectivity index (χ1) is 17.2. The number of piperazine rings is 1. The van der Waals surface area contributed by atoms with Crippen LogP contribution >= 0.6 is 0 Å². The maximum absolute atomic E-state index is 12.9. The van der Waals surface area contributed by atoms with E-state index in [9.17, 15) is 9.59 Å². The second kappa shape index (κ2) is 9.97. The molecule has 0 atom stereocenters. The molecule has 0 N–H and O–H groups in total. The van der Waals surface area contributed by atoms with Crippen molar-refractivity contribution in [2.45, 2.75) is 67.2 Å². The highest BCUT2D eigenvalue weighted by molar-refractivity contribution is 5.77. The van der Waals surface area contributed by atoms with E-state index in [2.05, 4.69) is 50.8 Å². The molecule has 0 bridgehead atoms. The van der Waals surface area contributed by atoms with E-state index < -0.39 is 5.60 Å². The number of nitrogens with zero attached hydrogens (tertiary/aromatic N) is 5. The maximum Gasteiger partial charge on any atom is 0.410 e. The molecule has 1 amide bonds. The van der Waals surface area contributed by atoms with Crippen molar-refractivity contribution in [2.75, 3.05) is 26.2 Å². The van der Waals surface area contributed by atoms with Crippen molar-refractivity contribution >= 4 is 17.3 Å². The number of hydrogen-bond donors (Lipinski definition) is 0. The smallest absolute Gasteiger partial charge is 0.410 e. The van der Waals surface area contributed by atoms with Crippen LogP contribution in [0.2, 0.25) is 0 Å². The first-order valence-electron chi connectivity index (χ1n) is 13.1. The summed E-state index contributed by atoms with van der Waals surface area (Å²) in [6.45, 7) is 18.5. The molecule has 200 valence electrons. The van der Waals surface area contributed by atoms with Crippen molar-refractivity contribution < 1.29 is 9.53 Å². The first-order valence-corrected chi connectivity index (χ1v) is 13.1. The molecular weight excluding hydrogens is 466 g/mol. The van der Waals surface area contributed by atoms with Gasteiger partial charge in [0.25, 0.3) is 0 Å². The number of aryl methyl sites for hydroxylation is 2. The average Bonchev–Trinajstić information content (AvgIpc) is 3.03. The Hall–Kier alpha value is -3.13. The van der Waals surface area contributed by atoms with Crippen molar-refractivity contribution in [2.24, 2.45) is 12.5 Å². The van der Waals surface area contributed by atoms with Crippen molar-refractivity contribution in [3.63, 3.8) is 0 Å². The highest BCUT2D eigenvalue weighted by Gasteiger charge is 2.26. The Morgan fingerprint density at radius 3 is 2.30 bits per heavy atom. The third-order valence-electron chi connectivity index (χ3n) is 6.62. The van der Waals surface area contributed by atoms with Crippen LogP contribution in [-0.4, -0.2) is 61.8 Å². The fourth-order valence-electron chi connectivity index (χ4n) is 4.77. The number of hydrogen-bond acceptors (Lipinski definition) is 5. The predicted octanol–water partition coefficient (Wildman–Crippen LogP) is 4.81. The van der Waals surface area contributed by atoms with E-state index in [0.717, 1.165) is 42.0 Å². The number of pyridine rings is 1. The zero-order valence-corrected chi connectivity index (χ0v) is 23.6. The molecule has 4 rings (SSSR count). The zero-order valence-electron chi connectivity index (χ0n) is 23.6. The van der Waals surface area contributed by atoms with Gasteiger partial charge in [0.15, 0.2) is 5.65 Å². The maximum atomic E-state index is 12.9. The highest BCUT2D eigenvalue weighted by atomic mass is 16.6. The SMILES string of the molecule is Cc1ccc(CN2CCN(C(=O)OC(C)(C)C)CC2)cc1-c1ccc2c(n1)n(C)c(=O)n2CC(C)(C)C. The minimum Gasteiger partial charge on any atom is -0.444 e. The first kappa shape index (κ1) is 26.9. The number of benzene rings is 1. The minimum atomic E-state index is -0.481. The highest BCUT2D eigenvalue weighted by Crippen LogP contribution is 2.27. The lowest BCUT2D eigenvalue weighted by Gasteiger charge is -2.35. The molecule has 0 aliphatic carbocycles. The van der Waals surface area contributed by atoms with Crippen molar-refractivity contribution in [1.82, 2.24) is 23.9 Å². The molecule has 8 heteroatoms. The second-order valence-electron chi connectivity index (χ2n) is 12.4. The molecule has 0 unspecified atom stereocenters. The van der Waals surface area contributed by atoms with Gasteiger partial charge in [-0.2, -0.15) is 0 Å². The molecule has 0 saturated carbocycles. The summed E-state index contributed by atoms with van der Waals surface area (Å²) in [6, 6.07) is 10.5. The summed E-state index contributed by atoms with van der Waals surface area (Å²) in [5, 5.41) is 0. The predicted molar refractivity (Wildman–Crippen MR) is 148 cm³/mol. The second-order valence-corrected chi connectivity index (χ2v) is 12.4. The van der Waals surface area contributed by atoms with Crippen molar-refractivity contribution in [3.05, 3.63) is 51.9 Å². The summed E-state index contributed by atoms with van der Waals surface area (Å²) in [5.41, 5.74) is 5.32. The zero-order chi connectivity index (χ0) is 27.1. The molecule has 8 nitrogen and oxygen atoms in total. The van der Waals surface area contributed by atoms with E-state index in [1.807, 2.05) is 37.5 Å². The number of rotatable bonds is 4. The lowest BCUT2D eigenvalue weighted by atomic mass is 9.97. The molecule has 3 heterocycles. The van der Waals surface area contributed by atoms with Gasteiger partial charge in [0.05, 0.1) is 11.2 Å². The Morgan fingerprint density at radius 1 is 1.00 bits per heavy atom. The number of carbonyl (C=O) groups excluding carboxylic acids is 1. The Balaban J connectivity index is 1.52. The number of imidazole rings is 1. The third kappa shape index (κ3) is 6.24. The lowest BCUT2D eigenvalue weighted by Crippen LogP contribution is -2.49. The van der Waals surface area contributed by atoms with Crippen LogP contribution < -0.4 is 5.69 Å². The fourth-order valence-corrected chi connectivity index (χ4v) is 4.77. The van der Waals surface area contributed by atoms with E-state index in [4.69, 9.17) is 9.72 Å². The van der Waals surface area contributed by atoms with Crippen LogP contribution in [0.15, 0.2) is 35.1 Å². The number of amides is 1. The average molecular weight is 508 g/mol. The number of carbonyl (C=O) groups is 1. The van der Waals surface area contributed by atoms with Crippen LogP contribution in [0.3, 0.4) is 0 Å². The van der Waals surface area contributed by atoms with Gasteiger partial charge in [0.1, 0.15) is 5.60 Å². The van der Waals surface area contributed by atoms with Crippen LogP contribution in [0.1, 0.15) is 52.7 Å². The molecule has 3 aromatic rings. The Morgan fingerprint density at radius 2 is 1.68 bits per heavy atom. The van der Waals surface area contributed by atoms with Gasteiger partial charge in [-0.25, -0.2) is 14.6 Å². The third-order valence-corrected chi connectivity index (χ3v) is 6.62. The van der Waals surface area contributed by atoms with Crippen molar-refractivity contribution in [1.29, 1.82) is 0 Å². The van der Waals surface area contributed by atoms with Crippen LogP contribution in [0, 0.1) is 12.3 Å². The number of ether oxygens (including phenoxy) is 1. The standard InChI is InChI=1S/C29H41N5O3/c1-20-9-10-21(18-32-13-15-33(16-14-32)27(36)37-29(5,6)7)17-22(20)23-11-12-24-25(30-23)31(8)26(35)34(24)19-28(2,3)4/h9-12,17H,13-16,18-19H2,1-8H3. The largest absolute Gasteiger partial charge is 0.444 e. The van der Waals surface area contributed by atoms with E-state index in [-0.39, 0.29) is 17.2 Å². The van der Waals surface area contributed by atoms with Gasteiger partial charge < -0.3 is 9.64 Å². The molecule has 0 spiro atoms. The molecule has 1 aliphatic heterocycles. The summed E-state index contributed by atoms with van der Waals surface area (Å²) >= 11 is 0. The summed E-state index contributed by atoms with van der Waals surface area (Å²) in [7, 11) is 1.79. The molecule has 1 aromatic carbocycles. The summed E-state index contributed by atoms with van der Waals surface area (Å²) in [4.78, 5) is 34.4. The summed E-state index contributed by atoms with van der Waals surface area (Å²) in [5.74, 6) is 0. The van der Waals surface area contributed by atoms with Crippen LogP contribution in [-0.2, 0) is 24.9 Å². The van der Waals surface area contributed by atoms with Crippen LogP contribution in [0.4, 0.5) is 4.79 Å². The van der Waals surface area contributed by atoms with Crippen LogP contribution in [0.5, 0.6) is 0 Å². The lowest BCUT2D eigenvalue weighted by molar-refractivity contribution is 0.0139. The van der Waals surface area contributed by atoms with E-state index in [0.29, 0.717) is 25.3 Å². The van der Waals surface area contributed by atoms with E-state index in [1.54, 1.807) is 16.5 Å². The van der Waals surface area contributed by atoms with Crippen LogP contribution in [0.25, 0.3) is 22.4 Å². The van der Waals surface area contributed by atoms with Gasteiger partial charge in [-0.1, -0.05) is 32.9 Å². The van der Waals surface area contributed by atoms with E-state index in [1.165, 1.54) is 5.56 Å². The molecular formula is C29H41N5O3. The molecule has 1 aliphatic rings. The molecule has 1 saturated heterocycles. The Kier molecular flexibility index (Phi) is 7.25. The normalized spacial score (nSPS) is 15.4. The molecule has 1 fully saturated rings. The summed E-state index contributed by atoms with van der Waals surface area (Å²) in [6.07, 6.45) is -0.239. The topological polar surface area (TPSA) is 72.6 Å². The van der Waals surface area contributed by atoms with Gasteiger partial charge in [0, 0.05) is 51.9 Å². The van der Waals surface area contributed by atoms with Gasteiger partial charge in [-0.3, -0.25) is 14.0 Å².